The highest BCUT2D eigenvalue weighted by Crippen LogP contribution is 2.17. The lowest BCUT2D eigenvalue weighted by molar-refractivity contribution is -0.154. The molecule has 0 unspecified atom stereocenters. The van der Waals surface area contributed by atoms with E-state index < -0.39 is 18.7 Å². The summed E-state index contributed by atoms with van der Waals surface area (Å²) >= 11 is 0. The van der Waals surface area contributed by atoms with Gasteiger partial charge in [-0.05, 0) is 13.0 Å². The lowest BCUT2D eigenvalue weighted by atomic mass is 10.3. The van der Waals surface area contributed by atoms with E-state index in [1.54, 1.807) is 0 Å². The number of rotatable bonds is 2. The van der Waals surface area contributed by atoms with Gasteiger partial charge in [-0.15, -0.1) is 0 Å². The van der Waals surface area contributed by atoms with E-state index in [1.807, 2.05) is 0 Å². The Morgan fingerprint density at radius 2 is 2.00 bits per heavy atom. The largest absolute Gasteiger partial charge is 0.468 e. The number of hydrogen-bond acceptors (Lipinski definition) is 2. The van der Waals surface area contributed by atoms with E-state index in [0.29, 0.717) is 0 Å². The third-order valence-corrected chi connectivity index (χ3v) is 1.39. The van der Waals surface area contributed by atoms with Crippen molar-refractivity contribution in [3.05, 3.63) is 23.6 Å². The molecule has 0 aliphatic rings. The van der Waals surface area contributed by atoms with Crippen LogP contribution in [0.1, 0.15) is 5.56 Å². The van der Waals surface area contributed by atoms with Crippen LogP contribution in [0.15, 0.2) is 12.1 Å². The summed E-state index contributed by atoms with van der Waals surface area (Å²) in [4.78, 5) is 3.19. The van der Waals surface area contributed by atoms with Crippen molar-refractivity contribution in [2.24, 2.45) is 0 Å². The highest BCUT2D eigenvalue weighted by Gasteiger charge is 2.28. The van der Waals surface area contributed by atoms with Gasteiger partial charge in [-0.2, -0.15) is 22.5 Å². The average molecular weight is 209 g/mol. The fraction of sp³-hybridized carbons (Fsp3) is 0.375. The first-order valence-corrected chi connectivity index (χ1v) is 3.71. The quantitative estimate of drug-likeness (QED) is 0.551. The zero-order chi connectivity index (χ0) is 10.8. The molecule has 1 aromatic heterocycles. The Balaban J connectivity index is 2.65. The van der Waals surface area contributed by atoms with E-state index in [0.717, 1.165) is 0 Å². The van der Waals surface area contributed by atoms with Gasteiger partial charge >= 0.3 is 6.18 Å². The summed E-state index contributed by atoms with van der Waals surface area (Å²) in [7, 11) is 0. The Bertz CT molecular complexity index is 324. The Labute approximate surface area is 77.5 Å². The van der Waals surface area contributed by atoms with Crippen LogP contribution in [0.3, 0.4) is 0 Å². The smallest absolute Gasteiger partial charge is 0.422 e. The second-order valence-electron chi connectivity index (χ2n) is 2.66. The molecule has 0 bridgehead atoms. The van der Waals surface area contributed by atoms with Gasteiger partial charge in [-0.3, -0.25) is 0 Å². The van der Waals surface area contributed by atoms with Gasteiger partial charge in [0.05, 0.1) is 0 Å². The molecule has 0 aliphatic carbocycles. The molecule has 1 aromatic rings. The molecule has 1 heterocycles. The van der Waals surface area contributed by atoms with Crippen LogP contribution in [-0.2, 0) is 0 Å². The second-order valence-corrected chi connectivity index (χ2v) is 2.66. The molecule has 0 fully saturated rings. The molecule has 0 aromatic carbocycles. The van der Waals surface area contributed by atoms with E-state index >= 15 is 0 Å². The van der Waals surface area contributed by atoms with Gasteiger partial charge in [-0.25, -0.2) is 0 Å². The summed E-state index contributed by atoms with van der Waals surface area (Å²) in [5.74, 6) is -1.20. The zero-order valence-corrected chi connectivity index (χ0v) is 7.23. The monoisotopic (exact) mass is 209 g/mol. The topological polar surface area (TPSA) is 22.1 Å². The SMILES string of the molecule is Cc1ccc(OCC(F)(F)F)nc1F. The van der Waals surface area contributed by atoms with Gasteiger partial charge in [-0.1, -0.05) is 0 Å². The Morgan fingerprint density at radius 3 is 2.50 bits per heavy atom. The molecule has 0 saturated carbocycles. The number of aryl methyl sites for hydroxylation is 1. The van der Waals surface area contributed by atoms with Crippen molar-refractivity contribution in [1.29, 1.82) is 0 Å². The van der Waals surface area contributed by atoms with Crippen molar-refractivity contribution in [2.45, 2.75) is 13.1 Å². The average Bonchev–Trinajstić information content (AvgIpc) is 2.06. The van der Waals surface area contributed by atoms with Crippen molar-refractivity contribution < 1.29 is 22.3 Å². The molecule has 78 valence electrons. The summed E-state index contributed by atoms with van der Waals surface area (Å²) < 4.78 is 52.0. The maximum absolute atomic E-state index is 12.7. The number of alkyl halides is 3. The van der Waals surface area contributed by atoms with Gasteiger partial charge in [0, 0.05) is 11.6 Å². The molecule has 0 amide bonds. The maximum Gasteiger partial charge on any atom is 0.422 e. The van der Waals surface area contributed by atoms with Crippen LogP contribution in [0, 0.1) is 12.9 Å². The molecule has 6 heteroatoms. The standard InChI is InChI=1S/C8H7F4NO/c1-5-2-3-6(13-7(5)9)14-4-8(10,11)12/h2-3H,4H2,1H3. The summed E-state index contributed by atoms with van der Waals surface area (Å²) in [6, 6.07) is 2.48. The predicted octanol–water partition coefficient (Wildman–Crippen LogP) is 2.47. The molecule has 1 rings (SSSR count). The lowest BCUT2D eigenvalue weighted by Gasteiger charge is -2.08. The maximum atomic E-state index is 12.7. The fourth-order valence-electron chi connectivity index (χ4n) is 0.723. The zero-order valence-electron chi connectivity index (χ0n) is 7.23. The summed E-state index contributed by atoms with van der Waals surface area (Å²) in [6.45, 7) is -0.0155. The second kappa shape index (κ2) is 3.81. The molecule has 2 nitrogen and oxygen atoms in total. The number of hydrogen-bond donors (Lipinski definition) is 0. The summed E-state index contributed by atoms with van der Waals surface area (Å²) in [5, 5.41) is 0. The minimum atomic E-state index is -4.44. The van der Waals surface area contributed by atoms with E-state index in [9.17, 15) is 17.6 Å². The van der Waals surface area contributed by atoms with E-state index in [4.69, 9.17) is 0 Å². The molecule has 0 N–H and O–H groups in total. The van der Waals surface area contributed by atoms with Crippen LogP contribution >= 0.6 is 0 Å². The number of nitrogens with zero attached hydrogens (tertiary/aromatic N) is 1. The van der Waals surface area contributed by atoms with Crippen molar-refractivity contribution in [3.8, 4) is 5.88 Å². The first-order chi connectivity index (χ1) is 6.38. The van der Waals surface area contributed by atoms with Gasteiger partial charge < -0.3 is 4.74 Å². The van der Waals surface area contributed by atoms with Crippen LogP contribution < -0.4 is 4.74 Å². The lowest BCUT2D eigenvalue weighted by Crippen LogP contribution is -2.19. The number of ether oxygens (including phenoxy) is 1. The normalized spacial score (nSPS) is 11.5. The molecular weight excluding hydrogens is 202 g/mol. The summed E-state index contributed by atoms with van der Waals surface area (Å²) in [5.41, 5.74) is 0.254. The fourth-order valence-corrected chi connectivity index (χ4v) is 0.723. The van der Waals surface area contributed by atoms with Crippen molar-refractivity contribution >= 4 is 0 Å². The molecule has 0 spiro atoms. The van der Waals surface area contributed by atoms with Crippen molar-refractivity contribution in [3.63, 3.8) is 0 Å². The molecule has 0 saturated heterocycles. The molecule has 0 atom stereocenters. The first kappa shape index (κ1) is 10.7. The summed E-state index contributed by atoms with van der Waals surface area (Å²) in [6.07, 6.45) is -4.44. The minimum absolute atomic E-state index is 0.254. The molecular formula is C8H7F4NO. The van der Waals surface area contributed by atoms with E-state index in [1.165, 1.54) is 19.1 Å². The third-order valence-electron chi connectivity index (χ3n) is 1.39. The van der Waals surface area contributed by atoms with Crippen LogP contribution in [-0.4, -0.2) is 17.8 Å². The third kappa shape index (κ3) is 3.20. The number of aromatic nitrogens is 1. The van der Waals surface area contributed by atoms with Crippen LogP contribution in [0.2, 0.25) is 0 Å². The number of pyridine rings is 1. The highest BCUT2D eigenvalue weighted by molar-refractivity contribution is 5.17. The molecule has 14 heavy (non-hydrogen) atoms. The minimum Gasteiger partial charge on any atom is -0.468 e. The van der Waals surface area contributed by atoms with Crippen LogP contribution in [0.25, 0.3) is 0 Å². The Morgan fingerprint density at radius 1 is 1.36 bits per heavy atom. The molecule has 0 aliphatic heterocycles. The van der Waals surface area contributed by atoms with Crippen LogP contribution in [0.4, 0.5) is 17.6 Å². The van der Waals surface area contributed by atoms with Crippen LogP contribution in [0.5, 0.6) is 5.88 Å². The number of halogens is 4. The predicted molar refractivity (Wildman–Crippen MR) is 40.5 cm³/mol. The van der Waals surface area contributed by atoms with Gasteiger partial charge in [0.25, 0.3) is 0 Å². The Kier molecular flexibility index (Phi) is 2.93. The highest BCUT2D eigenvalue weighted by atomic mass is 19.4. The van der Waals surface area contributed by atoms with Gasteiger partial charge in [0.1, 0.15) is 0 Å². The van der Waals surface area contributed by atoms with Gasteiger partial charge in [0.15, 0.2) is 6.61 Å². The first-order valence-electron chi connectivity index (χ1n) is 3.71. The van der Waals surface area contributed by atoms with E-state index in [2.05, 4.69) is 9.72 Å². The van der Waals surface area contributed by atoms with E-state index in [-0.39, 0.29) is 11.4 Å². The van der Waals surface area contributed by atoms with Crippen molar-refractivity contribution in [1.82, 2.24) is 4.98 Å². The van der Waals surface area contributed by atoms with Gasteiger partial charge in [0.2, 0.25) is 11.8 Å². The van der Waals surface area contributed by atoms with Crippen molar-refractivity contribution in [2.75, 3.05) is 6.61 Å². The Hall–Kier alpha value is -1.33. The molecule has 0 radical (unpaired) electrons.